The molecule has 0 aromatic heterocycles. The summed E-state index contributed by atoms with van der Waals surface area (Å²) in [6.45, 7) is 6.07. The molecule has 72 valence electrons. The lowest BCUT2D eigenvalue weighted by atomic mass is 9.98. The van der Waals surface area contributed by atoms with Gasteiger partial charge in [0.2, 0.25) is 0 Å². The summed E-state index contributed by atoms with van der Waals surface area (Å²) in [6.07, 6.45) is 11.1. The van der Waals surface area contributed by atoms with E-state index in [-0.39, 0.29) is 0 Å². The molecule has 1 aliphatic carbocycles. The van der Waals surface area contributed by atoms with Gasteiger partial charge in [0, 0.05) is 6.54 Å². The normalized spacial score (nSPS) is 29.3. The Bertz CT molecular complexity index is 221. The van der Waals surface area contributed by atoms with Gasteiger partial charge in [0.05, 0.1) is 0 Å². The van der Waals surface area contributed by atoms with Crippen molar-refractivity contribution >= 4 is 0 Å². The topological polar surface area (TPSA) is 3.24 Å². The molecule has 1 saturated heterocycles. The minimum Gasteiger partial charge on any atom is -0.299 e. The first-order valence-corrected chi connectivity index (χ1v) is 5.44. The van der Waals surface area contributed by atoms with E-state index >= 15 is 0 Å². The van der Waals surface area contributed by atoms with Gasteiger partial charge in [-0.1, -0.05) is 25.2 Å². The number of likely N-dealkylation sites (tertiary alicyclic amines) is 1. The lowest BCUT2D eigenvalue weighted by Gasteiger charge is -2.18. The highest BCUT2D eigenvalue weighted by molar-refractivity contribution is 5.24. The average molecular weight is 177 g/mol. The van der Waals surface area contributed by atoms with E-state index in [0.717, 1.165) is 5.92 Å². The van der Waals surface area contributed by atoms with Crippen LogP contribution in [0.1, 0.15) is 26.2 Å². The molecule has 1 heterocycles. The van der Waals surface area contributed by atoms with E-state index in [1.807, 2.05) is 0 Å². The molecule has 0 radical (unpaired) electrons. The molecule has 1 nitrogen and oxygen atoms in total. The molecule has 2 rings (SSSR count). The highest BCUT2D eigenvalue weighted by Crippen LogP contribution is 2.18. The smallest absolute Gasteiger partial charge is 0.0230 e. The summed E-state index contributed by atoms with van der Waals surface area (Å²) in [5.41, 5.74) is 1.53. The van der Waals surface area contributed by atoms with Crippen LogP contribution in [0, 0.1) is 5.92 Å². The van der Waals surface area contributed by atoms with Crippen LogP contribution in [0.4, 0.5) is 0 Å². The molecule has 1 aliphatic heterocycles. The van der Waals surface area contributed by atoms with Crippen LogP contribution in [-0.4, -0.2) is 24.5 Å². The number of nitrogens with zero attached hydrogens (tertiary/aromatic N) is 1. The molecule has 0 aromatic rings. The highest BCUT2D eigenvalue weighted by Gasteiger charge is 2.13. The van der Waals surface area contributed by atoms with Gasteiger partial charge in [-0.05, 0) is 43.8 Å². The van der Waals surface area contributed by atoms with Crippen molar-refractivity contribution in [1.82, 2.24) is 4.90 Å². The Morgan fingerprint density at radius 1 is 1.38 bits per heavy atom. The second kappa shape index (κ2) is 4.10. The summed E-state index contributed by atoms with van der Waals surface area (Å²) in [5, 5.41) is 0. The van der Waals surface area contributed by atoms with Crippen LogP contribution < -0.4 is 0 Å². The molecule has 0 amide bonds. The molecular formula is C12H19N. The minimum absolute atomic E-state index is 0.752. The summed E-state index contributed by atoms with van der Waals surface area (Å²) in [7, 11) is 0. The van der Waals surface area contributed by atoms with Crippen LogP contribution >= 0.6 is 0 Å². The first kappa shape index (κ1) is 9.01. The van der Waals surface area contributed by atoms with Gasteiger partial charge in [0.25, 0.3) is 0 Å². The van der Waals surface area contributed by atoms with Crippen molar-refractivity contribution < 1.29 is 0 Å². The number of hydrogen-bond acceptors (Lipinski definition) is 1. The molecule has 1 fully saturated rings. The first-order chi connectivity index (χ1) is 6.34. The van der Waals surface area contributed by atoms with Gasteiger partial charge in [-0.25, -0.2) is 0 Å². The van der Waals surface area contributed by atoms with Crippen LogP contribution in [0.5, 0.6) is 0 Å². The third-order valence-electron chi connectivity index (χ3n) is 3.00. The van der Waals surface area contributed by atoms with Gasteiger partial charge in [-0.15, -0.1) is 0 Å². The van der Waals surface area contributed by atoms with E-state index < -0.39 is 0 Å². The molecular weight excluding hydrogens is 158 g/mol. The van der Waals surface area contributed by atoms with Crippen molar-refractivity contribution in [3.05, 3.63) is 23.8 Å². The second-order valence-corrected chi connectivity index (χ2v) is 4.33. The lowest BCUT2D eigenvalue weighted by Crippen LogP contribution is -2.22. The molecule has 1 atom stereocenters. The number of allylic oxidation sites excluding steroid dienone is 2. The fourth-order valence-electron chi connectivity index (χ4n) is 2.09. The summed E-state index contributed by atoms with van der Waals surface area (Å²) >= 11 is 0. The zero-order chi connectivity index (χ0) is 9.10. The fourth-order valence-corrected chi connectivity index (χ4v) is 2.09. The predicted octanol–water partition coefficient (Wildman–Crippen LogP) is 2.60. The maximum Gasteiger partial charge on any atom is 0.0230 e. The van der Waals surface area contributed by atoms with Gasteiger partial charge in [0.1, 0.15) is 0 Å². The lowest BCUT2D eigenvalue weighted by molar-refractivity contribution is 0.370. The van der Waals surface area contributed by atoms with Crippen molar-refractivity contribution in [3.63, 3.8) is 0 Å². The maximum absolute atomic E-state index is 2.56. The summed E-state index contributed by atoms with van der Waals surface area (Å²) in [6, 6.07) is 0. The minimum atomic E-state index is 0.752. The van der Waals surface area contributed by atoms with Crippen LogP contribution in [0.15, 0.2) is 23.8 Å². The molecule has 0 N–H and O–H groups in total. The Morgan fingerprint density at radius 2 is 2.15 bits per heavy atom. The Balaban J connectivity index is 1.85. The quantitative estimate of drug-likeness (QED) is 0.626. The third kappa shape index (κ3) is 2.44. The summed E-state index contributed by atoms with van der Waals surface area (Å²) in [4.78, 5) is 2.56. The van der Waals surface area contributed by atoms with E-state index in [1.54, 1.807) is 0 Å². The summed E-state index contributed by atoms with van der Waals surface area (Å²) < 4.78 is 0. The average Bonchev–Trinajstić information content (AvgIpc) is 2.62. The van der Waals surface area contributed by atoms with Crippen molar-refractivity contribution in [1.29, 1.82) is 0 Å². The molecule has 1 unspecified atom stereocenters. The van der Waals surface area contributed by atoms with Crippen molar-refractivity contribution in [2.75, 3.05) is 19.6 Å². The highest BCUT2D eigenvalue weighted by atomic mass is 15.1. The van der Waals surface area contributed by atoms with Gasteiger partial charge < -0.3 is 0 Å². The van der Waals surface area contributed by atoms with E-state index in [0.29, 0.717) is 0 Å². The largest absolute Gasteiger partial charge is 0.299 e. The molecule has 0 bridgehead atoms. The first-order valence-electron chi connectivity index (χ1n) is 5.44. The molecule has 0 saturated carbocycles. The molecule has 0 spiro atoms. The van der Waals surface area contributed by atoms with Gasteiger partial charge in [0.15, 0.2) is 0 Å². The predicted molar refractivity (Wildman–Crippen MR) is 56.7 cm³/mol. The monoisotopic (exact) mass is 177 g/mol. The van der Waals surface area contributed by atoms with E-state index in [9.17, 15) is 0 Å². The van der Waals surface area contributed by atoms with Crippen LogP contribution in [0.25, 0.3) is 0 Å². The van der Waals surface area contributed by atoms with E-state index in [4.69, 9.17) is 0 Å². The SMILES string of the molecule is CC1C=CC(CN2CCCC2)=CC1. The van der Waals surface area contributed by atoms with Gasteiger partial charge in [-0.3, -0.25) is 4.90 Å². The second-order valence-electron chi connectivity index (χ2n) is 4.33. The maximum atomic E-state index is 2.56. The molecule has 2 aliphatic rings. The van der Waals surface area contributed by atoms with Crippen molar-refractivity contribution in [2.45, 2.75) is 26.2 Å². The van der Waals surface area contributed by atoms with Gasteiger partial charge >= 0.3 is 0 Å². The van der Waals surface area contributed by atoms with Crippen molar-refractivity contribution in [2.24, 2.45) is 5.92 Å². The summed E-state index contributed by atoms with van der Waals surface area (Å²) in [5.74, 6) is 0.752. The molecule has 0 aromatic carbocycles. The Hall–Kier alpha value is -0.560. The zero-order valence-corrected chi connectivity index (χ0v) is 8.50. The number of hydrogen-bond donors (Lipinski definition) is 0. The Labute approximate surface area is 81.1 Å². The standard InChI is InChI=1S/C12H19N/c1-11-4-6-12(7-5-11)10-13-8-2-3-9-13/h4,6-7,11H,2-3,5,8-10H2,1H3. The molecule has 13 heavy (non-hydrogen) atoms. The van der Waals surface area contributed by atoms with E-state index in [1.165, 1.54) is 44.5 Å². The molecule has 1 heteroatoms. The zero-order valence-electron chi connectivity index (χ0n) is 8.50. The Morgan fingerprint density at radius 3 is 2.77 bits per heavy atom. The van der Waals surface area contributed by atoms with Crippen LogP contribution in [-0.2, 0) is 0 Å². The Kier molecular flexibility index (Phi) is 2.84. The van der Waals surface area contributed by atoms with Crippen LogP contribution in [0.3, 0.4) is 0 Å². The van der Waals surface area contributed by atoms with E-state index in [2.05, 4.69) is 30.1 Å². The number of rotatable bonds is 2. The fraction of sp³-hybridized carbons (Fsp3) is 0.667. The van der Waals surface area contributed by atoms with Gasteiger partial charge in [-0.2, -0.15) is 0 Å². The van der Waals surface area contributed by atoms with Crippen molar-refractivity contribution in [3.8, 4) is 0 Å². The van der Waals surface area contributed by atoms with Crippen LogP contribution in [0.2, 0.25) is 0 Å². The third-order valence-corrected chi connectivity index (χ3v) is 3.00.